The Morgan fingerprint density at radius 3 is 2.78 bits per heavy atom. The van der Waals surface area contributed by atoms with Gasteiger partial charge in [0, 0.05) is 25.8 Å². The van der Waals surface area contributed by atoms with E-state index in [4.69, 9.17) is 4.74 Å². The van der Waals surface area contributed by atoms with E-state index < -0.39 is 5.60 Å². The summed E-state index contributed by atoms with van der Waals surface area (Å²) >= 11 is 0. The van der Waals surface area contributed by atoms with Crippen LogP contribution in [0, 0.1) is 5.92 Å². The Morgan fingerprint density at radius 1 is 1.39 bits per heavy atom. The molecule has 1 amide bonds. The fourth-order valence-corrected chi connectivity index (χ4v) is 3.52. The van der Waals surface area contributed by atoms with Gasteiger partial charge in [-0.15, -0.1) is 0 Å². The van der Waals surface area contributed by atoms with Crippen LogP contribution >= 0.6 is 0 Å². The highest BCUT2D eigenvalue weighted by molar-refractivity contribution is 5.90. The number of ether oxygens (including phenoxy) is 1. The Bertz CT molecular complexity index is 657. The minimum Gasteiger partial charge on any atom is -0.386 e. The van der Waals surface area contributed by atoms with Crippen molar-refractivity contribution >= 4 is 11.5 Å². The first-order chi connectivity index (χ1) is 10.8. The summed E-state index contributed by atoms with van der Waals surface area (Å²) in [6, 6.07) is 6.15. The minimum atomic E-state index is -0.885. The molecular formula is C19H25NO3. The summed E-state index contributed by atoms with van der Waals surface area (Å²) in [6.07, 6.45) is 3.36. The fraction of sp³-hybridized carbons (Fsp3) is 0.526. The maximum atomic E-state index is 12.3. The number of aryl methyl sites for hydroxylation is 1. The van der Waals surface area contributed by atoms with E-state index in [1.807, 2.05) is 12.3 Å². The second-order valence-electron chi connectivity index (χ2n) is 7.00. The van der Waals surface area contributed by atoms with Gasteiger partial charge in [0.05, 0.1) is 5.60 Å². The van der Waals surface area contributed by atoms with Crippen LogP contribution in [0.15, 0.2) is 24.4 Å². The van der Waals surface area contributed by atoms with Crippen molar-refractivity contribution < 1.29 is 14.6 Å². The average molecular weight is 315 g/mol. The van der Waals surface area contributed by atoms with Gasteiger partial charge in [0.15, 0.2) is 0 Å². The summed E-state index contributed by atoms with van der Waals surface area (Å²) < 4.78 is 5.68. The molecule has 2 atom stereocenters. The number of rotatable bonds is 3. The molecule has 0 spiro atoms. The molecule has 2 unspecified atom stereocenters. The van der Waals surface area contributed by atoms with Crippen LogP contribution in [-0.4, -0.2) is 35.7 Å². The molecule has 4 heteroatoms. The molecule has 3 rings (SSSR count). The highest BCUT2D eigenvalue weighted by Crippen LogP contribution is 2.40. The number of benzene rings is 1. The van der Waals surface area contributed by atoms with E-state index in [1.165, 1.54) is 5.56 Å². The maximum Gasteiger partial charge on any atom is 0.256 e. The summed E-state index contributed by atoms with van der Waals surface area (Å²) in [7, 11) is 1.78. The van der Waals surface area contributed by atoms with Crippen LogP contribution in [0.4, 0.5) is 0 Å². The Hall–Kier alpha value is -1.65. The second kappa shape index (κ2) is 5.77. The topological polar surface area (TPSA) is 49.8 Å². The quantitative estimate of drug-likeness (QED) is 0.933. The molecule has 1 fully saturated rings. The van der Waals surface area contributed by atoms with E-state index in [0.717, 1.165) is 29.5 Å². The fourth-order valence-electron chi connectivity index (χ4n) is 3.52. The zero-order valence-electron chi connectivity index (χ0n) is 14.3. The second-order valence-corrected chi connectivity index (χ2v) is 7.00. The highest BCUT2D eigenvalue weighted by atomic mass is 16.5. The van der Waals surface area contributed by atoms with Crippen LogP contribution < -0.4 is 0 Å². The molecule has 1 aromatic rings. The number of fused-ring (bicyclic) bond motifs is 1. The molecule has 23 heavy (non-hydrogen) atoms. The zero-order chi connectivity index (χ0) is 16.8. The molecule has 0 radical (unpaired) electrons. The summed E-state index contributed by atoms with van der Waals surface area (Å²) in [5.41, 5.74) is 3.52. The zero-order valence-corrected chi connectivity index (χ0v) is 14.3. The lowest BCUT2D eigenvalue weighted by molar-refractivity contribution is -0.138. The molecule has 2 heterocycles. The normalized spacial score (nSPS) is 24.7. The molecular weight excluding hydrogens is 290 g/mol. The SMILES string of the molecule is CCc1ccc(C(C)(C)O)cc1C1=CN(C)C(=O)C2OCCC12. The van der Waals surface area contributed by atoms with Crippen molar-refractivity contribution in [3.05, 3.63) is 41.1 Å². The van der Waals surface area contributed by atoms with Crippen molar-refractivity contribution in [1.82, 2.24) is 4.90 Å². The summed E-state index contributed by atoms with van der Waals surface area (Å²) in [6.45, 7) is 6.34. The third kappa shape index (κ3) is 2.81. The molecule has 1 saturated heterocycles. The Balaban J connectivity index is 2.12. The van der Waals surface area contributed by atoms with Crippen molar-refractivity contribution in [2.75, 3.05) is 13.7 Å². The van der Waals surface area contributed by atoms with Gasteiger partial charge >= 0.3 is 0 Å². The van der Waals surface area contributed by atoms with E-state index in [0.29, 0.717) is 6.61 Å². The number of hydrogen-bond donors (Lipinski definition) is 1. The summed E-state index contributed by atoms with van der Waals surface area (Å²) in [5, 5.41) is 10.3. The lowest BCUT2D eigenvalue weighted by Crippen LogP contribution is -2.41. The first-order valence-corrected chi connectivity index (χ1v) is 8.29. The van der Waals surface area contributed by atoms with Crippen LogP contribution in [0.1, 0.15) is 43.9 Å². The summed E-state index contributed by atoms with van der Waals surface area (Å²) in [4.78, 5) is 13.9. The molecule has 4 nitrogen and oxygen atoms in total. The average Bonchev–Trinajstić information content (AvgIpc) is 2.99. The van der Waals surface area contributed by atoms with Crippen LogP contribution in [0.25, 0.3) is 5.57 Å². The Labute approximate surface area is 137 Å². The molecule has 2 aliphatic rings. The number of carbonyl (C=O) groups excluding carboxylic acids is 1. The largest absolute Gasteiger partial charge is 0.386 e. The van der Waals surface area contributed by atoms with Crippen LogP contribution in [0.3, 0.4) is 0 Å². The Kier molecular flexibility index (Phi) is 4.07. The van der Waals surface area contributed by atoms with Gasteiger partial charge in [-0.05, 0) is 55.0 Å². The molecule has 0 saturated carbocycles. The van der Waals surface area contributed by atoms with Gasteiger partial charge in [0.1, 0.15) is 6.10 Å². The van der Waals surface area contributed by atoms with Crippen molar-refractivity contribution in [1.29, 1.82) is 0 Å². The molecule has 2 aliphatic heterocycles. The third-order valence-corrected chi connectivity index (χ3v) is 4.92. The predicted molar refractivity (Wildman–Crippen MR) is 89.7 cm³/mol. The maximum absolute atomic E-state index is 12.3. The smallest absolute Gasteiger partial charge is 0.256 e. The first kappa shape index (κ1) is 16.2. The number of amides is 1. The van der Waals surface area contributed by atoms with E-state index in [1.54, 1.807) is 25.8 Å². The van der Waals surface area contributed by atoms with Gasteiger partial charge in [-0.25, -0.2) is 0 Å². The van der Waals surface area contributed by atoms with Gasteiger partial charge in [-0.2, -0.15) is 0 Å². The molecule has 1 N–H and O–H groups in total. The molecule has 0 aliphatic carbocycles. The van der Waals surface area contributed by atoms with Gasteiger partial charge in [-0.3, -0.25) is 4.79 Å². The number of carbonyl (C=O) groups is 1. The number of nitrogens with zero attached hydrogens (tertiary/aromatic N) is 1. The molecule has 1 aromatic carbocycles. The lowest BCUT2D eigenvalue weighted by Gasteiger charge is -2.32. The molecule has 0 bridgehead atoms. The highest BCUT2D eigenvalue weighted by Gasteiger charge is 2.42. The standard InChI is InChI=1S/C19H25NO3/c1-5-12-6-7-13(19(2,3)22)10-15(12)16-11-20(4)18(21)17-14(16)8-9-23-17/h6-7,10-11,14,17,22H,5,8-9H2,1-4H3. The van der Waals surface area contributed by atoms with Crippen LogP contribution in [0.5, 0.6) is 0 Å². The van der Waals surface area contributed by atoms with E-state index in [-0.39, 0.29) is 17.9 Å². The lowest BCUT2D eigenvalue weighted by atomic mass is 9.81. The van der Waals surface area contributed by atoms with Gasteiger partial charge in [0.25, 0.3) is 5.91 Å². The number of hydrogen-bond acceptors (Lipinski definition) is 3. The molecule has 124 valence electrons. The Morgan fingerprint density at radius 2 is 2.13 bits per heavy atom. The van der Waals surface area contributed by atoms with Crippen molar-refractivity contribution in [3.63, 3.8) is 0 Å². The van der Waals surface area contributed by atoms with Gasteiger partial charge in [0.2, 0.25) is 0 Å². The van der Waals surface area contributed by atoms with Gasteiger partial charge < -0.3 is 14.7 Å². The summed E-state index contributed by atoms with van der Waals surface area (Å²) in [5.74, 6) is 0.147. The predicted octanol–water partition coefficient (Wildman–Crippen LogP) is 2.69. The van der Waals surface area contributed by atoms with Crippen LogP contribution in [-0.2, 0) is 21.6 Å². The first-order valence-electron chi connectivity index (χ1n) is 8.29. The van der Waals surface area contributed by atoms with Crippen molar-refractivity contribution in [2.45, 2.75) is 45.3 Å². The number of aliphatic hydroxyl groups is 1. The number of likely N-dealkylation sites (N-methyl/N-ethyl adjacent to an activating group) is 1. The van der Waals surface area contributed by atoms with E-state index in [2.05, 4.69) is 19.1 Å². The van der Waals surface area contributed by atoms with E-state index >= 15 is 0 Å². The minimum absolute atomic E-state index is 0.0351. The third-order valence-electron chi connectivity index (χ3n) is 4.92. The van der Waals surface area contributed by atoms with Crippen molar-refractivity contribution in [2.24, 2.45) is 5.92 Å². The van der Waals surface area contributed by atoms with Crippen LogP contribution in [0.2, 0.25) is 0 Å². The molecule has 0 aromatic heterocycles. The van der Waals surface area contributed by atoms with Crippen molar-refractivity contribution in [3.8, 4) is 0 Å². The monoisotopic (exact) mass is 315 g/mol. The van der Waals surface area contributed by atoms with E-state index in [9.17, 15) is 9.90 Å². The van der Waals surface area contributed by atoms with Gasteiger partial charge in [-0.1, -0.05) is 19.1 Å².